The van der Waals surface area contributed by atoms with Gasteiger partial charge in [-0.15, -0.1) is 0 Å². The average molecular weight is 419 g/mol. The van der Waals surface area contributed by atoms with Gasteiger partial charge >= 0.3 is 5.97 Å². The SMILES string of the molecule is COC(=O)c1ccc(CS(=O)(=O)NCc2cccc(CN3CCOCC3)c2)cc1. The van der Waals surface area contributed by atoms with Crippen LogP contribution in [-0.2, 0) is 38.3 Å². The van der Waals surface area contributed by atoms with Crippen LogP contribution in [0.15, 0.2) is 48.5 Å². The van der Waals surface area contributed by atoms with Gasteiger partial charge in [0.25, 0.3) is 0 Å². The Bertz CT molecular complexity index is 922. The highest BCUT2D eigenvalue weighted by Crippen LogP contribution is 2.12. The largest absolute Gasteiger partial charge is 0.465 e. The van der Waals surface area contributed by atoms with Gasteiger partial charge in [-0.25, -0.2) is 17.9 Å². The number of carbonyl (C=O) groups is 1. The second-order valence-corrected chi connectivity index (χ2v) is 8.78. The molecule has 1 heterocycles. The van der Waals surface area contributed by atoms with Gasteiger partial charge in [-0.05, 0) is 28.8 Å². The summed E-state index contributed by atoms with van der Waals surface area (Å²) in [6.07, 6.45) is 0. The zero-order valence-corrected chi connectivity index (χ0v) is 17.3. The highest BCUT2D eigenvalue weighted by atomic mass is 32.2. The minimum Gasteiger partial charge on any atom is -0.465 e. The highest BCUT2D eigenvalue weighted by Gasteiger charge is 2.14. The summed E-state index contributed by atoms with van der Waals surface area (Å²) in [5.41, 5.74) is 3.06. The summed E-state index contributed by atoms with van der Waals surface area (Å²) in [5.74, 6) is -0.600. The third-order valence-electron chi connectivity index (χ3n) is 4.73. The summed E-state index contributed by atoms with van der Waals surface area (Å²) >= 11 is 0. The summed E-state index contributed by atoms with van der Waals surface area (Å²) in [4.78, 5) is 13.8. The first kappa shape index (κ1) is 21.4. The maximum absolute atomic E-state index is 12.4. The van der Waals surface area contributed by atoms with E-state index in [0.717, 1.165) is 44.0 Å². The number of morpholine rings is 1. The van der Waals surface area contributed by atoms with Gasteiger partial charge in [0.05, 0.1) is 31.6 Å². The van der Waals surface area contributed by atoms with E-state index in [1.165, 1.54) is 7.11 Å². The molecule has 1 aliphatic rings. The number of hydrogen-bond donors (Lipinski definition) is 1. The summed E-state index contributed by atoms with van der Waals surface area (Å²) in [6.45, 7) is 4.38. The number of ether oxygens (including phenoxy) is 2. The van der Waals surface area contributed by atoms with Crippen molar-refractivity contribution in [1.29, 1.82) is 0 Å². The van der Waals surface area contributed by atoms with E-state index < -0.39 is 16.0 Å². The predicted octanol–water partition coefficient (Wildman–Crippen LogP) is 1.92. The molecule has 0 amide bonds. The molecule has 29 heavy (non-hydrogen) atoms. The van der Waals surface area contributed by atoms with Crippen molar-refractivity contribution in [3.8, 4) is 0 Å². The molecule has 1 saturated heterocycles. The van der Waals surface area contributed by atoms with E-state index in [2.05, 4.69) is 20.4 Å². The molecule has 0 spiro atoms. The standard InChI is InChI=1S/C21H26N2O5S/c1-27-21(24)20-7-5-17(6-8-20)16-29(25,26)22-14-18-3-2-4-19(13-18)15-23-9-11-28-12-10-23/h2-8,13,22H,9-12,14-16H2,1H3. The van der Waals surface area contributed by atoms with E-state index in [1.54, 1.807) is 24.3 Å². The van der Waals surface area contributed by atoms with Crippen molar-refractivity contribution in [1.82, 2.24) is 9.62 Å². The van der Waals surface area contributed by atoms with E-state index in [4.69, 9.17) is 4.74 Å². The normalized spacial score (nSPS) is 15.2. The molecule has 2 aromatic carbocycles. The van der Waals surface area contributed by atoms with E-state index in [0.29, 0.717) is 11.1 Å². The Hall–Kier alpha value is -2.26. The van der Waals surface area contributed by atoms with E-state index in [-0.39, 0.29) is 12.3 Å². The summed E-state index contributed by atoms with van der Waals surface area (Å²) in [6, 6.07) is 14.3. The molecule has 7 nitrogen and oxygen atoms in total. The molecule has 8 heteroatoms. The quantitative estimate of drug-likeness (QED) is 0.660. The lowest BCUT2D eigenvalue weighted by atomic mass is 10.1. The Morgan fingerprint density at radius 3 is 2.45 bits per heavy atom. The first-order valence-electron chi connectivity index (χ1n) is 9.48. The maximum atomic E-state index is 12.4. The van der Waals surface area contributed by atoms with Crippen molar-refractivity contribution in [3.63, 3.8) is 0 Å². The lowest BCUT2D eigenvalue weighted by Crippen LogP contribution is -2.35. The van der Waals surface area contributed by atoms with Crippen molar-refractivity contribution in [2.45, 2.75) is 18.8 Å². The minimum absolute atomic E-state index is 0.151. The molecule has 0 bridgehead atoms. The predicted molar refractivity (Wildman–Crippen MR) is 110 cm³/mol. The number of methoxy groups -OCH3 is 1. The fraction of sp³-hybridized carbons (Fsp3) is 0.381. The van der Waals surface area contributed by atoms with Crippen LogP contribution in [0.2, 0.25) is 0 Å². The van der Waals surface area contributed by atoms with Gasteiger partial charge in [-0.2, -0.15) is 0 Å². The molecule has 1 aliphatic heterocycles. The van der Waals surface area contributed by atoms with Crippen LogP contribution in [0.1, 0.15) is 27.0 Å². The molecule has 2 aromatic rings. The monoisotopic (exact) mass is 418 g/mol. The Morgan fingerprint density at radius 2 is 1.76 bits per heavy atom. The van der Waals surface area contributed by atoms with E-state index >= 15 is 0 Å². The second kappa shape index (κ2) is 9.98. The molecule has 1 fully saturated rings. The molecule has 3 rings (SSSR count). The van der Waals surface area contributed by atoms with Crippen LogP contribution in [0.4, 0.5) is 0 Å². The van der Waals surface area contributed by atoms with Gasteiger partial charge in [-0.3, -0.25) is 4.90 Å². The lowest BCUT2D eigenvalue weighted by molar-refractivity contribution is 0.0342. The highest BCUT2D eigenvalue weighted by molar-refractivity contribution is 7.88. The van der Waals surface area contributed by atoms with Gasteiger partial charge in [0, 0.05) is 26.2 Å². The van der Waals surface area contributed by atoms with Gasteiger partial charge in [0.1, 0.15) is 0 Å². The zero-order valence-electron chi connectivity index (χ0n) is 16.5. The number of hydrogen-bond acceptors (Lipinski definition) is 6. The molecular weight excluding hydrogens is 392 g/mol. The molecule has 156 valence electrons. The van der Waals surface area contributed by atoms with Crippen LogP contribution in [0.25, 0.3) is 0 Å². The number of nitrogens with zero attached hydrogens (tertiary/aromatic N) is 1. The molecular formula is C21H26N2O5S. The number of carbonyl (C=O) groups excluding carboxylic acids is 1. The number of benzene rings is 2. The van der Waals surface area contributed by atoms with E-state index in [1.807, 2.05) is 18.2 Å². The van der Waals surface area contributed by atoms with Gasteiger partial charge in [-0.1, -0.05) is 36.4 Å². The maximum Gasteiger partial charge on any atom is 0.337 e. The summed E-state index contributed by atoms with van der Waals surface area (Å²) in [7, 11) is -2.20. The fourth-order valence-corrected chi connectivity index (χ4v) is 4.29. The molecule has 1 N–H and O–H groups in total. The molecule has 0 saturated carbocycles. The molecule has 0 radical (unpaired) electrons. The van der Waals surface area contributed by atoms with Gasteiger partial charge in [0.2, 0.25) is 10.0 Å². The number of nitrogens with one attached hydrogen (secondary N) is 1. The van der Waals surface area contributed by atoms with Crippen molar-refractivity contribution in [3.05, 3.63) is 70.8 Å². The Labute approximate surface area is 171 Å². The molecule has 0 aliphatic carbocycles. The minimum atomic E-state index is -3.50. The van der Waals surface area contributed by atoms with Crippen molar-refractivity contribution >= 4 is 16.0 Å². The Balaban J connectivity index is 1.55. The van der Waals surface area contributed by atoms with Crippen molar-refractivity contribution < 1.29 is 22.7 Å². The molecule has 0 unspecified atom stereocenters. The van der Waals surface area contributed by atoms with Crippen LogP contribution in [-0.4, -0.2) is 52.7 Å². The Morgan fingerprint density at radius 1 is 1.07 bits per heavy atom. The van der Waals surface area contributed by atoms with Crippen molar-refractivity contribution in [2.24, 2.45) is 0 Å². The van der Waals surface area contributed by atoms with Crippen LogP contribution in [0.5, 0.6) is 0 Å². The van der Waals surface area contributed by atoms with E-state index in [9.17, 15) is 13.2 Å². The smallest absolute Gasteiger partial charge is 0.337 e. The second-order valence-electron chi connectivity index (χ2n) is 6.98. The average Bonchev–Trinajstić information content (AvgIpc) is 2.73. The summed E-state index contributed by atoms with van der Waals surface area (Å²) in [5, 5.41) is 0. The van der Waals surface area contributed by atoms with Gasteiger partial charge in [0.15, 0.2) is 0 Å². The first-order chi connectivity index (χ1) is 13.9. The summed E-state index contributed by atoms with van der Waals surface area (Å²) < 4.78 is 37.5. The number of sulfonamides is 1. The lowest BCUT2D eigenvalue weighted by Gasteiger charge is -2.26. The fourth-order valence-electron chi connectivity index (χ4n) is 3.17. The molecule has 0 aromatic heterocycles. The first-order valence-corrected chi connectivity index (χ1v) is 11.1. The molecule has 0 atom stereocenters. The van der Waals surface area contributed by atoms with Crippen LogP contribution >= 0.6 is 0 Å². The third-order valence-corrected chi connectivity index (χ3v) is 6.03. The number of rotatable bonds is 8. The van der Waals surface area contributed by atoms with Crippen LogP contribution in [0.3, 0.4) is 0 Å². The van der Waals surface area contributed by atoms with Crippen LogP contribution < -0.4 is 4.72 Å². The number of esters is 1. The van der Waals surface area contributed by atoms with Gasteiger partial charge < -0.3 is 9.47 Å². The zero-order chi connectivity index (χ0) is 20.7. The van der Waals surface area contributed by atoms with Crippen LogP contribution in [0, 0.1) is 0 Å². The third kappa shape index (κ3) is 6.64. The topological polar surface area (TPSA) is 84.9 Å². The Kier molecular flexibility index (Phi) is 7.38. The van der Waals surface area contributed by atoms with Crippen molar-refractivity contribution in [2.75, 3.05) is 33.4 Å².